The van der Waals surface area contributed by atoms with E-state index >= 15 is 0 Å². The lowest BCUT2D eigenvalue weighted by molar-refractivity contribution is -0.124. The fraction of sp³-hybridized carbons (Fsp3) is 0.524. The molecule has 1 heterocycles. The highest BCUT2D eigenvalue weighted by molar-refractivity contribution is 14.1. The molecular weight excluding hydrogens is 409 g/mol. The number of benzene rings is 1. The van der Waals surface area contributed by atoms with Crippen LogP contribution in [-0.2, 0) is 4.79 Å². The molecule has 0 bridgehead atoms. The van der Waals surface area contributed by atoms with Crippen LogP contribution in [0, 0.1) is 11.8 Å². The molecule has 0 spiro atoms. The summed E-state index contributed by atoms with van der Waals surface area (Å²) in [6, 6.07) is 8.65. The Morgan fingerprint density at radius 3 is 2.46 bits per heavy atom. The summed E-state index contributed by atoms with van der Waals surface area (Å²) in [5, 5.41) is 0. The average Bonchev–Trinajstić information content (AvgIpc) is 2.60. The summed E-state index contributed by atoms with van der Waals surface area (Å²) in [7, 11) is 0. The minimum atomic E-state index is 0.0268. The van der Waals surface area contributed by atoms with E-state index in [1.807, 2.05) is 6.21 Å². The van der Waals surface area contributed by atoms with Gasteiger partial charge in [-0.1, -0.05) is 67.6 Å². The first kappa shape index (κ1) is 19.4. The van der Waals surface area contributed by atoms with Crippen molar-refractivity contribution in [1.82, 2.24) is 0 Å². The van der Waals surface area contributed by atoms with E-state index in [-0.39, 0.29) is 11.8 Å². The Balaban J connectivity index is 2.21. The van der Waals surface area contributed by atoms with Crippen LogP contribution in [0.2, 0.25) is 0 Å². The predicted octanol–water partition coefficient (Wildman–Crippen LogP) is 5.70. The molecule has 0 aromatic heterocycles. The minimum absolute atomic E-state index is 0.0268. The topological polar surface area (TPSA) is 29.4 Å². The zero-order valence-electron chi connectivity index (χ0n) is 15.0. The fourth-order valence-corrected chi connectivity index (χ4v) is 4.13. The third kappa shape index (κ3) is 5.27. The summed E-state index contributed by atoms with van der Waals surface area (Å²) >= 11 is 2.36. The van der Waals surface area contributed by atoms with Crippen LogP contribution in [0.1, 0.15) is 57.1 Å². The highest BCUT2D eigenvalue weighted by atomic mass is 127. The quantitative estimate of drug-likeness (QED) is 0.379. The van der Waals surface area contributed by atoms with Crippen LogP contribution in [0.4, 0.5) is 0 Å². The summed E-state index contributed by atoms with van der Waals surface area (Å²) in [5.74, 6) is 1.08. The molecule has 1 aromatic carbocycles. The first-order chi connectivity index (χ1) is 11.5. The molecule has 0 radical (unpaired) electrons. The van der Waals surface area contributed by atoms with Crippen LogP contribution in [-0.4, -0.2) is 23.0 Å². The van der Waals surface area contributed by atoms with Crippen molar-refractivity contribution in [1.29, 1.82) is 0 Å². The number of Topliss-reactive ketones (excluding diaryl/α,β-unsaturated/α-hetero) is 1. The molecule has 0 N–H and O–H groups in total. The van der Waals surface area contributed by atoms with Gasteiger partial charge in [0.25, 0.3) is 0 Å². The molecule has 0 fully saturated rings. The van der Waals surface area contributed by atoms with Gasteiger partial charge in [-0.25, -0.2) is 0 Å². The fourth-order valence-electron chi connectivity index (χ4n) is 3.19. The number of hydrogen-bond acceptors (Lipinski definition) is 2. The Hall–Kier alpha value is -0.970. The van der Waals surface area contributed by atoms with Gasteiger partial charge < -0.3 is 0 Å². The van der Waals surface area contributed by atoms with Crippen LogP contribution in [0.5, 0.6) is 0 Å². The van der Waals surface area contributed by atoms with E-state index in [1.54, 1.807) is 0 Å². The number of nitrogens with zero attached hydrogens (tertiary/aromatic N) is 1. The normalized spacial score (nSPS) is 16.8. The predicted molar refractivity (Wildman–Crippen MR) is 112 cm³/mol. The van der Waals surface area contributed by atoms with Crippen LogP contribution >= 0.6 is 22.6 Å². The second kappa shape index (κ2) is 9.50. The van der Waals surface area contributed by atoms with Gasteiger partial charge in [-0.05, 0) is 48.0 Å². The maximum absolute atomic E-state index is 12.9. The number of alkyl halides is 1. The van der Waals surface area contributed by atoms with E-state index in [0.29, 0.717) is 11.7 Å². The monoisotopic (exact) mass is 437 g/mol. The molecule has 0 amide bonds. The van der Waals surface area contributed by atoms with Crippen molar-refractivity contribution in [2.45, 2.75) is 46.0 Å². The molecule has 0 saturated carbocycles. The highest BCUT2D eigenvalue weighted by Crippen LogP contribution is 2.30. The molecule has 0 aliphatic carbocycles. The summed E-state index contributed by atoms with van der Waals surface area (Å²) in [6.45, 7) is 7.35. The lowest BCUT2D eigenvalue weighted by Gasteiger charge is -2.22. The molecule has 2 nitrogen and oxygen atoms in total. The highest BCUT2D eigenvalue weighted by Gasteiger charge is 2.25. The summed E-state index contributed by atoms with van der Waals surface area (Å²) < 4.78 is 1.04. The van der Waals surface area contributed by atoms with E-state index in [0.717, 1.165) is 30.2 Å². The third-order valence-electron chi connectivity index (χ3n) is 4.65. The van der Waals surface area contributed by atoms with E-state index < -0.39 is 0 Å². The lowest BCUT2D eigenvalue weighted by Crippen LogP contribution is -2.22. The second-order valence-electron chi connectivity index (χ2n) is 7.08. The summed E-state index contributed by atoms with van der Waals surface area (Å²) in [4.78, 5) is 17.2. The van der Waals surface area contributed by atoms with Crippen LogP contribution < -0.4 is 0 Å². The molecule has 3 heteroatoms. The number of carbonyl (C=O) groups excluding carboxylic acids is 1. The summed E-state index contributed by atoms with van der Waals surface area (Å²) in [5.41, 5.74) is 3.75. The SMILES string of the molecule is CC(C)CC(C(=O)[C@H](C)CCI)c1ccc(C2=CC=NCC2)cc1. The standard InChI is InChI=1S/C21H28INO/c1-15(2)14-20(21(24)16(3)8-11-22)19-6-4-17(5-7-19)18-9-12-23-13-10-18/h4-7,9,12,15-16,20H,8,10-11,13-14H2,1-3H3/t16-,20?/m1/s1. The molecule has 2 rings (SSSR count). The largest absolute Gasteiger partial charge is 0.299 e. The molecule has 2 atom stereocenters. The minimum Gasteiger partial charge on any atom is -0.299 e. The molecule has 24 heavy (non-hydrogen) atoms. The maximum atomic E-state index is 12.9. The third-order valence-corrected chi connectivity index (χ3v) is 5.28. The number of ketones is 1. The van der Waals surface area contributed by atoms with Crippen molar-refractivity contribution in [2.75, 3.05) is 11.0 Å². The Bertz CT molecular complexity index is 601. The molecule has 1 aliphatic heterocycles. The summed E-state index contributed by atoms with van der Waals surface area (Å²) in [6.07, 6.45) is 6.88. The first-order valence-electron chi connectivity index (χ1n) is 8.92. The zero-order chi connectivity index (χ0) is 17.5. The molecule has 1 aromatic rings. The van der Waals surface area contributed by atoms with E-state index in [4.69, 9.17) is 0 Å². The number of allylic oxidation sites excluding steroid dienone is 1. The van der Waals surface area contributed by atoms with E-state index in [1.165, 1.54) is 16.7 Å². The number of halogens is 1. The average molecular weight is 437 g/mol. The van der Waals surface area contributed by atoms with Gasteiger partial charge in [-0.2, -0.15) is 0 Å². The van der Waals surface area contributed by atoms with E-state index in [2.05, 4.69) is 78.7 Å². The number of rotatable bonds is 8. The van der Waals surface area contributed by atoms with Crippen molar-refractivity contribution in [3.05, 3.63) is 41.5 Å². The number of dihydropyridines is 1. The number of carbonyl (C=O) groups is 1. The van der Waals surface area contributed by atoms with Gasteiger partial charge in [-0.15, -0.1) is 0 Å². The van der Waals surface area contributed by atoms with Gasteiger partial charge in [0.05, 0.1) is 0 Å². The van der Waals surface area contributed by atoms with Crippen molar-refractivity contribution >= 4 is 40.2 Å². The van der Waals surface area contributed by atoms with E-state index in [9.17, 15) is 4.79 Å². The van der Waals surface area contributed by atoms with Crippen molar-refractivity contribution < 1.29 is 4.79 Å². The molecule has 0 saturated heterocycles. The number of aliphatic imine (C=N–C) groups is 1. The maximum Gasteiger partial charge on any atom is 0.143 e. The Morgan fingerprint density at radius 2 is 1.92 bits per heavy atom. The second-order valence-corrected chi connectivity index (χ2v) is 8.16. The van der Waals surface area contributed by atoms with Gasteiger partial charge in [0.1, 0.15) is 5.78 Å². The molecule has 1 unspecified atom stereocenters. The molecular formula is C21H28INO. The molecule has 1 aliphatic rings. The number of hydrogen-bond donors (Lipinski definition) is 0. The smallest absolute Gasteiger partial charge is 0.143 e. The van der Waals surface area contributed by atoms with Gasteiger partial charge in [-0.3, -0.25) is 9.79 Å². The van der Waals surface area contributed by atoms with Gasteiger partial charge >= 0.3 is 0 Å². The van der Waals surface area contributed by atoms with Crippen LogP contribution in [0.25, 0.3) is 5.57 Å². The lowest BCUT2D eigenvalue weighted by atomic mass is 9.81. The van der Waals surface area contributed by atoms with Crippen LogP contribution in [0.3, 0.4) is 0 Å². The van der Waals surface area contributed by atoms with Crippen molar-refractivity contribution in [3.8, 4) is 0 Å². The van der Waals surface area contributed by atoms with Gasteiger partial charge in [0, 0.05) is 29.0 Å². The van der Waals surface area contributed by atoms with Gasteiger partial charge in [0.15, 0.2) is 0 Å². The Morgan fingerprint density at radius 1 is 1.21 bits per heavy atom. The van der Waals surface area contributed by atoms with Gasteiger partial charge in [0.2, 0.25) is 0 Å². The van der Waals surface area contributed by atoms with Crippen molar-refractivity contribution in [3.63, 3.8) is 0 Å². The Labute approximate surface area is 160 Å². The first-order valence-corrected chi connectivity index (χ1v) is 10.4. The molecule has 130 valence electrons. The zero-order valence-corrected chi connectivity index (χ0v) is 17.1. The van der Waals surface area contributed by atoms with Crippen LogP contribution in [0.15, 0.2) is 35.3 Å². The van der Waals surface area contributed by atoms with Crippen molar-refractivity contribution in [2.24, 2.45) is 16.8 Å². The Kier molecular flexibility index (Phi) is 7.66.